The van der Waals surface area contributed by atoms with Crippen LogP contribution in [0.1, 0.15) is 36.8 Å². The molecule has 2 aromatic rings. The highest BCUT2D eigenvalue weighted by atomic mass is 16.6. The highest BCUT2D eigenvalue weighted by Gasteiger charge is 2.23. The molecular formula is C21H26N2O5. The van der Waals surface area contributed by atoms with Gasteiger partial charge in [-0.2, -0.15) is 0 Å². The van der Waals surface area contributed by atoms with Crippen molar-refractivity contribution in [3.05, 3.63) is 63.7 Å². The van der Waals surface area contributed by atoms with E-state index in [0.29, 0.717) is 30.2 Å². The largest absolute Gasteiger partial charge is 0.493 e. The van der Waals surface area contributed by atoms with Gasteiger partial charge in [-0.25, -0.2) is 0 Å². The summed E-state index contributed by atoms with van der Waals surface area (Å²) in [6, 6.07) is 13.0. The van der Waals surface area contributed by atoms with E-state index in [1.165, 1.54) is 13.2 Å². The molecule has 1 aliphatic rings. The van der Waals surface area contributed by atoms with Crippen LogP contribution in [-0.4, -0.2) is 29.3 Å². The highest BCUT2D eigenvalue weighted by molar-refractivity contribution is 5.54. The predicted molar refractivity (Wildman–Crippen MR) is 106 cm³/mol. The topological polar surface area (TPSA) is 93.9 Å². The van der Waals surface area contributed by atoms with E-state index in [0.717, 1.165) is 31.2 Å². The fraction of sp³-hybridized carbons (Fsp3) is 0.429. The zero-order valence-electron chi connectivity index (χ0n) is 16.0. The molecule has 1 fully saturated rings. The normalized spacial score (nSPS) is 19.2. The smallest absolute Gasteiger partial charge is 0.277 e. The molecule has 0 aliphatic heterocycles. The maximum atomic E-state index is 11.6. The third-order valence-electron chi connectivity index (χ3n) is 5.08. The minimum atomic E-state index is -0.392. The summed E-state index contributed by atoms with van der Waals surface area (Å²) in [4.78, 5) is 11.2. The van der Waals surface area contributed by atoms with Gasteiger partial charge in [0, 0.05) is 18.2 Å². The number of nitrogens with one attached hydrogen (secondary N) is 1. The lowest BCUT2D eigenvalue weighted by Crippen LogP contribution is -2.34. The molecular weight excluding hydrogens is 360 g/mol. The number of benzene rings is 2. The minimum Gasteiger partial charge on any atom is -0.493 e. The van der Waals surface area contributed by atoms with Gasteiger partial charge in [0.05, 0.1) is 24.2 Å². The van der Waals surface area contributed by atoms with Crippen molar-refractivity contribution in [2.75, 3.05) is 7.11 Å². The molecule has 1 aliphatic carbocycles. The Labute approximate surface area is 164 Å². The second kappa shape index (κ2) is 9.52. The number of aliphatic hydroxyl groups excluding tert-OH is 1. The summed E-state index contributed by atoms with van der Waals surface area (Å²) in [6.07, 6.45) is 3.02. The van der Waals surface area contributed by atoms with E-state index in [1.54, 1.807) is 6.07 Å². The lowest BCUT2D eigenvalue weighted by molar-refractivity contribution is -0.385. The summed E-state index contributed by atoms with van der Waals surface area (Å²) in [6.45, 7) is 0.669. The first-order valence-electron chi connectivity index (χ1n) is 9.50. The zero-order chi connectivity index (χ0) is 19.9. The molecule has 0 heterocycles. The van der Waals surface area contributed by atoms with Gasteiger partial charge in [0.15, 0.2) is 11.5 Å². The van der Waals surface area contributed by atoms with Crippen LogP contribution in [0, 0.1) is 10.1 Å². The van der Waals surface area contributed by atoms with Gasteiger partial charge in [0.2, 0.25) is 0 Å². The summed E-state index contributed by atoms with van der Waals surface area (Å²) in [5, 5.41) is 24.6. The van der Waals surface area contributed by atoms with Crippen molar-refractivity contribution in [3.63, 3.8) is 0 Å². The Morgan fingerprint density at radius 3 is 2.50 bits per heavy atom. The third kappa shape index (κ3) is 5.21. The van der Waals surface area contributed by atoms with Crippen molar-refractivity contribution in [1.29, 1.82) is 0 Å². The molecule has 3 rings (SSSR count). The average Bonchev–Trinajstić information content (AvgIpc) is 2.72. The molecule has 0 aromatic heterocycles. The molecule has 1 saturated carbocycles. The summed E-state index contributed by atoms with van der Waals surface area (Å²) in [5.74, 6) is 0.819. The van der Waals surface area contributed by atoms with E-state index in [4.69, 9.17) is 9.47 Å². The average molecular weight is 386 g/mol. The van der Waals surface area contributed by atoms with E-state index < -0.39 is 4.92 Å². The van der Waals surface area contributed by atoms with Gasteiger partial charge in [-0.05, 0) is 37.3 Å². The standard InChI is InChI=1S/C21H26N2O5/c1-27-20-11-16(13-22-17-7-9-18(24)10-8-17)19(23(25)26)12-21(20)28-14-15-5-3-2-4-6-15/h2-6,11-12,17-18,22,24H,7-10,13-14H2,1H3. The summed E-state index contributed by atoms with van der Waals surface area (Å²) < 4.78 is 11.2. The second-order valence-electron chi connectivity index (χ2n) is 7.05. The fourth-order valence-electron chi connectivity index (χ4n) is 3.44. The molecule has 2 aromatic carbocycles. The number of methoxy groups -OCH3 is 1. The van der Waals surface area contributed by atoms with E-state index in [-0.39, 0.29) is 17.8 Å². The van der Waals surface area contributed by atoms with Crippen LogP contribution in [0.3, 0.4) is 0 Å². The van der Waals surface area contributed by atoms with Gasteiger partial charge >= 0.3 is 0 Å². The summed E-state index contributed by atoms with van der Waals surface area (Å²) in [7, 11) is 1.52. The molecule has 0 spiro atoms. The third-order valence-corrected chi connectivity index (χ3v) is 5.08. The van der Waals surface area contributed by atoms with Gasteiger partial charge in [-0.1, -0.05) is 30.3 Å². The Hall–Kier alpha value is -2.64. The lowest BCUT2D eigenvalue weighted by atomic mass is 9.93. The molecule has 0 radical (unpaired) electrons. The van der Waals surface area contributed by atoms with Crippen LogP contribution in [0.2, 0.25) is 0 Å². The zero-order valence-corrected chi connectivity index (χ0v) is 16.0. The molecule has 7 nitrogen and oxygen atoms in total. The Morgan fingerprint density at radius 2 is 1.86 bits per heavy atom. The van der Waals surface area contributed by atoms with Crippen LogP contribution in [0.25, 0.3) is 0 Å². The fourth-order valence-corrected chi connectivity index (χ4v) is 3.44. The summed E-state index contributed by atoms with van der Waals surface area (Å²) in [5.41, 5.74) is 1.53. The van der Waals surface area contributed by atoms with Gasteiger partial charge in [-0.15, -0.1) is 0 Å². The molecule has 28 heavy (non-hydrogen) atoms. The Morgan fingerprint density at radius 1 is 1.14 bits per heavy atom. The second-order valence-corrected chi connectivity index (χ2v) is 7.05. The van der Waals surface area contributed by atoms with E-state index in [9.17, 15) is 15.2 Å². The molecule has 150 valence electrons. The number of hydrogen-bond donors (Lipinski definition) is 2. The van der Waals surface area contributed by atoms with E-state index in [2.05, 4.69) is 5.32 Å². The SMILES string of the molecule is COc1cc(CNC2CCC(O)CC2)c([N+](=O)[O-])cc1OCc1ccccc1. The first-order chi connectivity index (χ1) is 13.6. The monoisotopic (exact) mass is 386 g/mol. The lowest BCUT2D eigenvalue weighted by Gasteiger charge is -2.26. The number of aliphatic hydroxyl groups is 1. The number of nitrogens with zero attached hydrogens (tertiary/aromatic N) is 1. The molecule has 0 unspecified atom stereocenters. The van der Waals surface area contributed by atoms with Crippen molar-refractivity contribution >= 4 is 5.69 Å². The molecule has 0 bridgehead atoms. The van der Waals surface area contributed by atoms with Crippen molar-refractivity contribution in [2.24, 2.45) is 0 Å². The van der Waals surface area contributed by atoms with Gasteiger partial charge in [-0.3, -0.25) is 10.1 Å². The first-order valence-corrected chi connectivity index (χ1v) is 9.50. The van der Waals surface area contributed by atoms with Crippen molar-refractivity contribution < 1.29 is 19.5 Å². The summed E-state index contributed by atoms with van der Waals surface area (Å²) >= 11 is 0. The molecule has 7 heteroatoms. The van der Waals surface area contributed by atoms with E-state index in [1.807, 2.05) is 30.3 Å². The van der Waals surface area contributed by atoms with Crippen LogP contribution in [0.4, 0.5) is 5.69 Å². The minimum absolute atomic E-state index is 0.00667. The van der Waals surface area contributed by atoms with Crippen molar-refractivity contribution in [2.45, 2.75) is 51.0 Å². The highest BCUT2D eigenvalue weighted by Crippen LogP contribution is 2.35. The molecule has 0 atom stereocenters. The number of nitro benzene ring substituents is 1. The van der Waals surface area contributed by atoms with Crippen molar-refractivity contribution in [3.8, 4) is 11.5 Å². The maximum absolute atomic E-state index is 11.6. The quantitative estimate of drug-likeness (QED) is 0.532. The van der Waals surface area contributed by atoms with Crippen LogP contribution < -0.4 is 14.8 Å². The Bertz CT molecular complexity index is 789. The molecule has 0 amide bonds. The number of rotatable bonds is 8. The number of ether oxygens (including phenoxy) is 2. The van der Waals surface area contributed by atoms with Crippen LogP contribution in [0.15, 0.2) is 42.5 Å². The van der Waals surface area contributed by atoms with Crippen LogP contribution >= 0.6 is 0 Å². The molecule has 2 N–H and O–H groups in total. The Balaban J connectivity index is 1.73. The number of nitro groups is 1. The van der Waals surface area contributed by atoms with Crippen LogP contribution in [-0.2, 0) is 13.2 Å². The maximum Gasteiger partial charge on any atom is 0.277 e. The Kier molecular flexibility index (Phi) is 6.84. The first kappa shape index (κ1) is 20.1. The van der Waals surface area contributed by atoms with Crippen molar-refractivity contribution in [1.82, 2.24) is 5.32 Å². The van der Waals surface area contributed by atoms with Gasteiger partial charge in [0.25, 0.3) is 5.69 Å². The number of hydrogen-bond acceptors (Lipinski definition) is 6. The van der Waals surface area contributed by atoms with Gasteiger partial charge < -0.3 is 19.9 Å². The predicted octanol–water partition coefficient (Wildman–Crippen LogP) is 3.58. The van der Waals surface area contributed by atoms with Gasteiger partial charge in [0.1, 0.15) is 6.61 Å². The van der Waals surface area contributed by atoms with E-state index >= 15 is 0 Å². The molecule has 0 saturated heterocycles. The van der Waals surface area contributed by atoms with Crippen LogP contribution in [0.5, 0.6) is 11.5 Å².